The normalized spacial score (nSPS) is 15.0. The summed E-state index contributed by atoms with van der Waals surface area (Å²) in [6, 6.07) is 11.6. The van der Waals surface area contributed by atoms with Crippen LogP contribution in [-0.4, -0.2) is 39.8 Å². The molecule has 12 heteroatoms. The summed E-state index contributed by atoms with van der Waals surface area (Å²) < 4.78 is 67.5. The Balaban J connectivity index is 1.53. The van der Waals surface area contributed by atoms with Crippen LogP contribution in [0.25, 0.3) is 22.3 Å². The zero-order valence-corrected chi connectivity index (χ0v) is 22.5. The number of rotatable bonds is 7. The van der Waals surface area contributed by atoms with Crippen molar-refractivity contribution in [1.29, 1.82) is 0 Å². The third kappa shape index (κ3) is 4.65. The van der Waals surface area contributed by atoms with Crippen LogP contribution in [0.2, 0.25) is 0 Å². The maximum absolute atomic E-state index is 15.1. The van der Waals surface area contributed by atoms with Gasteiger partial charge in [0.15, 0.2) is 0 Å². The van der Waals surface area contributed by atoms with Gasteiger partial charge in [0.05, 0.1) is 30.7 Å². The topological polar surface area (TPSA) is 109 Å². The van der Waals surface area contributed by atoms with Crippen molar-refractivity contribution >= 4 is 45.2 Å². The van der Waals surface area contributed by atoms with Crippen LogP contribution in [0, 0.1) is 11.6 Å². The molecule has 2 heterocycles. The first-order valence-electron chi connectivity index (χ1n) is 12.7. The minimum atomic E-state index is -3.91. The van der Waals surface area contributed by atoms with Crippen molar-refractivity contribution in [3.8, 4) is 11.3 Å². The number of fused-ring (bicyclic) bond motifs is 2. The molecule has 8 nitrogen and oxygen atoms in total. The Kier molecular flexibility index (Phi) is 6.44. The number of hydrogen-bond acceptors (Lipinski definition) is 6. The second-order valence-corrected chi connectivity index (χ2v) is 12.1. The predicted molar refractivity (Wildman–Crippen MR) is 147 cm³/mol. The lowest BCUT2D eigenvalue weighted by Crippen LogP contribution is -2.32. The molecular formula is C28H25BF2N2O6S. The summed E-state index contributed by atoms with van der Waals surface area (Å²) >= 11 is 0. The molecule has 4 aromatic rings. The van der Waals surface area contributed by atoms with E-state index >= 15 is 4.39 Å². The molecule has 2 N–H and O–H groups in total. The van der Waals surface area contributed by atoms with E-state index in [0.717, 1.165) is 23.4 Å². The first kappa shape index (κ1) is 26.5. The smallest absolute Gasteiger partial charge is 0.455 e. The Morgan fingerprint density at radius 3 is 2.52 bits per heavy atom. The quantitative estimate of drug-likeness (QED) is 0.330. The second-order valence-electron chi connectivity index (χ2n) is 10.1. The molecule has 0 unspecified atom stereocenters. The molecule has 6 rings (SSSR count). The number of halogens is 2. The number of amides is 1. The summed E-state index contributed by atoms with van der Waals surface area (Å²) in [4.78, 5) is 13.0. The standard InChI is InChI=1S/C28H25BF2N2O6S/c1-32-28(34)26-21-10-20(15-3-4-15)24(12-25(21)39-27(26)16-5-7-19(30)8-6-16)33(40(2,36)37)13-17-9-18-14-38-29(35)22(18)11-23(17)31/h5-12,15,35H,3-4,13-14H2,1-2H3,(H,32,34). The van der Waals surface area contributed by atoms with Crippen molar-refractivity contribution in [2.75, 3.05) is 17.6 Å². The molecule has 206 valence electrons. The van der Waals surface area contributed by atoms with E-state index in [1.54, 1.807) is 12.1 Å². The van der Waals surface area contributed by atoms with Gasteiger partial charge in [-0.05, 0) is 77.8 Å². The summed E-state index contributed by atoms with van der Waals surface area (Å²) in [6.07, 6.45) is 2.71. The lowest BCUT2D eigenvalue weighted by atomic mass is 9.79. The minimum Gasteiger partial charge on any atom is -0.455 e. The van der Waals surface area contributed by atoms with Gasteiger partial charge in [-0.25, -0.2) is 17.2 Å². The van der Waals surface area contributed by atoms with Crippen LogP contribution in [0.4, 0.5) is 14.5 Å². The third-order valence-corrected chi connectivity index (χ3v) is 8.50. The highest BCUT2D eigenvalue weighted by molar-refractivity contribution is 7.92. The fourth-order valence-corrected chi connectivity index (χ4v) is 6.09. The number of anilines is 1. The number of hydrogen-bond donors (Lipinski definition) is 2. The molecule has 40 heavy (non-hydrogen) atoms. The Morgan fingerprint density at radius 1 is 1.15 bits per heavy atom. The molecule has 0 atom stereocenters. The van der Waals surface area contributed by atoms with Crippen molar-refractivity contribution in [2.45, 2.75) is 31.9 Å². The van der Waals surface area contributed by atoms with E-state index in [1.807, 2.05) is 0 Å². The van der Waals surface area contributed by atoms with Gasteiger partial charge in [-0.2, -0.15) is 0 Å². The minimum absolute atomic E-state index is 0.0544. The number of carbonyl (C=O) groups is 1. The van der Waals surface area contributed by atoms with E-state index in [0.29, 0.717) is 33.2 Å². The number of sulfonamides is 1. The zero-order chi connectivity index (χ0) is 28.3. The summed E-state index contributed by atoms with van der Waals surface area (Å²) in [7, 11) is -3.64. The van der Waals surface area contributed by atoms with Crippen molar-refractivity contribution < 1.29 is 36.1 Å². The average Bonchev–Trinajstić information content (AvgIpc) is 3.61. The average molecular weight is 566 g/mol. The van der Waals surface area contributed by atoms with Gasteiger partial charge in [0.1, 0.15) is 23.0 Å². The van der Waals surface area contributed by atoms with Crippen molar-refractivity contribution in [3.05, 3.63) is 82.4 Å². The highest BCUT2D eigenvalue weighted by Gasteiger charge is 2.34. The number of nitrogens with zero attached hydrogens (tertiary/aromatic N) is 1. The first-order valence-corrected chi connectivity index (χ1v) is 14.6. The van der Waals surface area contributed by atoms with Gasteiger partial charge >= 0.3 is 7.12 Å². The Morgan fingerprint density at radius 2 is 1.88 bits per heavy atom. The van der Waals surface area contributed by atoms with Crippen LogP contribution in [0.3, 0.4) is 0 Å². The molecule has 1 fully saturated rings. The Labute approximate surface area is 229 Å². The maximum Gasteiger partial charge on any atom is 0.491 e. The Hall–Kier alpha value is -3.74. The van der Waals surface area contributed by atoms with Crippen LogP contribution < -0.4 is 15.1 Å². The van der Waals surface area contributed by atoms with Crippen molar-refractivity contribution in [3.63, 3.8) is 0 Å². The SMILES string of the molecule is CNC(=O)c1c(-c2ccc(F)cc2)oc2cc(N(Cc3cc4c(cc3F)B(O)OC4)S(C)(=O)=O)c(C3CC3)cc12. The second kappa shape index (κ2) is 9.72. The molecule has 1 aromatic heterocycles. The number of furan rings is 1. The summed E-state index contributed by atoms with van der Waals surface area (Å²) in [5, 5.41) is 13.0. The van der Waals surface area contributed by atoms with Crippen molar-refractivity contribution in [2.24, 2.45) is 0 Å². The van der Waals surface area contributed by atoms with E-state index < -0.39 is 34.7 Å². The van der Waals surface area contributed by atoms with E-state index in [4.69, 9.17) is 9.07 Å². The molecule has 0 saturated heterocycles. The van der Waals surface area contributed by atoms with Crippen LogP contribution in [0.15, 0.2) is 52.9 Å². The molecule has 2 aliphatic rings. The van der Waals surface area contributed by atoms with Crippen LogP contribution in [-0.2, 0) is 27.8 Å². The Bertz CT molecular complexity index is 1770. The molecule has 0 radical (unpaired) electrons. The van der Waals surface area contributed by atoms with Gasteiger partial charge in [-0.1, -0.05) is 0 Å². The van der Waals surface area contributed by atoms with Gasteiger partial charge in [0, 0.05) is 29.6 Å². The summed E-state index contributed by atoms with van der Waals surface area (Å²) in [5.74, 6) is -1.23. The van der Waals surface area contributed by atoms with Crippen LogP contribution in [0.1, 0.15) is 45.8 Å². The molecule has 1 aliphatic heterocycles. The van der Waals surface area contributed by atoms with Gasteiger partial charge in [-0.3, -0.25) is 9.10 Å². The number of carbonyl (C=O) groups excluding carboxylic acids is 1. The molecular weight excluding hydrogens is 541 g/mol. The number of benzene rings is 3. The van der Waals surface area contributed by atoms with Gasteiger partial charge in [-0.15, -0.1) is 0 Å². The lowest BCUT2D eigenvalue weighted by molar-refractivity contribution is 0.0964. The van der Waals surface area contributed by atoms with Gasteiger partial charge in [0.2, 0.25) is 10.0 Å². The molecule has 1 aliphatic carbocycles. The molecule has 3 aromatic carbocycles. The summed E-state index contributed by atoms with van der Waals surface area (Å²) in [5.41, 5.74) is 3.06. The van der Waals surface area contributed by atoms with Gasteiger partial charge in [0.25, 0.3) is 5.91 Å². The fraction of sp³-hybridized carbons (Fsp3) is 0.250. The highest BCUT2D eigenvalue weighted by atomic mass is 32.2. The van der Waals surface area contributed by atoms with E-state index in [-0.39, 0.29) is 41.5 Å². The van der Waals surface area contributed by atoms with Crippen LogP contribution >= 0.6 is 0 Å². The highest BCUT2D eigenvalue weighted by Crippen LogP contribution is 2.48. The van der Waals surface area contributed by atoms with E-state index in [9.17, 15) is 22.6 Å². The van der Waals surface area contributed by atoms with E-state index in [2.05, 4.69) is 5.32 Å². The van der Waals surface area contributed by atoms with Gasteiger partial charge < -0.3 is 19.4 Å². The monoisotopic (exact) mass is 566 g/mol. The van der Waals surface area contributed by atoms with E-state index in [1.165, 1.54) is 43.4 Å². The van der Waals surface area contributed by atoms with Crippen molar-refractivity contribution in [1.82, 2.24) is 5.32 Å². The first-order chi connectivity index (χ1) is 19.0. The lowest BCUT2D eigenvalue weighted by Gasteiger charge is -2.26. The molecule has 1 amide bonds. The van der Waals surface area contributed by atoms with Crippen LogP contribution in [0.5, 0.6) is 0 Å². The fourth-order valence-electron chi connectivity index (χ4n) is 5.20. The maximum atomic E-state index is 15.1. The molecule has 0 spiro atoms. The number of nitrogens with one attached hydrogen (secondary N) is 1. The zero-order valence-electron chi connectivity index (χ0n) is 21.7. The molecule has 0 bridgehead atoms. The molecule has 1 saturated carbocycles. The largest absolute Gasteiger partial charge is 0.491 e. The third-order valence-electron chi connectivity index (χ3n) is 7.37. The summed E-state index contributed by atoms with van der Waals surface area (Å²) in [6.45, 7) is -0.212. The predicted octanol–water partition coefficient (Wildman–Crippen LogP) is 3.80.